The molecule has 0 atom stereocenters. The fraction of sp³-hybridized carbons (Fsp3) is 0.136. The van der Waals surface area contributed by atoms with Crippen LogP contribution in [0.15, 0.2) is 75.2 Å². The molecule has 4 aromatic rings. The minimum Gasteiger partial charge on any atom is -0.508 e. The molecule has 3 N–H and O–H groups in total. The van der Waals surface area contributed by atoms with Gasteiger partial charge in [-0.05, 0) is 13.0 Å². The Balaban J connectivity index is 1.62. The number of benzene rings is 2. The van der Waals surface area contributed by atoms with Crippen LogP contribution in [0.5, 0.6) is 11.5 Å². The van der Waals surface area contributed by atoms with Crippen LogP contribution in [-0.2, 0) is 12.3 Å². The molecule has 0 fully saturated rings. The fourth-order valence-electron chi connectivity index (χ4n) is 2.88. The Labute approximate surface area is 182 Å². The Morgan fingerprint density at radius 3 is 2.58 bits per heavy atom. The summed E-state index contributed by atoms with van der Waals surface area (Å²) in [6.07, 6.45) is 1.02. The summed E-state index contributed by atoms with van der Waals surface area (Å²) in [6.45, 7) is 2.36. The monoisotopic (exact) mass is 436 g/mol. The van der Waals surface area contributed by atoms with Gasteiger partial charge in [0.15, 0.2) is 11.6 Å². The number of aryl methyl sites for hydroxylation is 1. The number of hydrogen-bond acceptors (Lipinski definition) is 8. The number of hydrogen-bond donors (Lipinski definition) is 3. The van der Waals surface area contributed by atoms with Crippen molar-refractivity contribution in [3.63, 3.8) is 0 Å². The molecule has 158 valence electrons. The van der Waals surface area contributed by atoms with Crippen LogP contribution >= 0.6 is 11.8 Å². The normalized spacial score (nSPS) is 10.9. The van der Waals surface area contributed by atoms with Crippen LogP contribution in [0.1, 0.15) is 16.9 Å². The van der Waals surface area contributed by atoms with Crippen molar-refractivity contribution in [3.05, 3.63) is 88.0 Å². The Bertz CT molecular complexity index is 1250. The maximum absolute atomic E-state index is 11.6. The van der Waals surface area contributed by atoms with Gasteiger partial charge in [0.25, 0.3) is 0 Å². The first-order valence-electron chi connectivity index (χ1n) is 9.48. The molecule has 2 heterocycles. The third kappa shape index (κ3) is 4.72. The molecule has 0 amide bonds. The summed E-state index contributed by atoms with van der Waals surface area (Å²) in [5.74, 6) is 1.10. The van der Waals surface area contributed by atoms with Gasteiger partial charge in [-0.1, -0.05) is 59.8 Å². The lowest BCUT2D eigenvalue weighted by Gasteiger charge is -2.13. The molecule has 0 radical (unpaired) electrons. The number of phenols is 1. The second-order valence-corrected chi connectivity index (χ2v) is 7.80. The number of rotatable bonds is 7. The van der Waals surface area contributed by atoms with E-state index in [-0.39, 0.29) is 5.75 Å². The number of phenolic OH excluding ortho intramolecular Hbond substituents is 1. The molecule has 0 aliphatic carbocycles. The van der Waals surface area contributed by atoms with E-state index in [1.165, 1.54) is 17.8 Å². The summed E-state index contributed by atoms with van der Waals surface area (Å²) in [7, 11) is 0. The van der Waals surface area contributed by atoms with Crippen molar-refractivity contribution < 1.29 is 14.6 Å². The summed E-state index contributed by atoms with van der Waals surface area (Å²) in [5, 5.41) is 28.6. The molecule has 0 spiro atoms. The van der Waals surface area contributed by atoms with Crippen molar-refractivity contribution >= 4 is 11.8 Å². The van der Waals surface area contributed by atoms with Crippen LogP contribution in [0.3, 0.4) is 0 Å². The van der Waals surface area contributed by atoms with Gasteiger partial charge in [0.2, 0.25) is 10.6 Å². The molecule has 0 aliphatic heterocycles. The van der Waals surface area contributed by atoms with E-state index in [9.17, 15) is 15.0 Å². The van der Waals surface area contributed by atoms with E-state index in [1.807, 2.05) is 43.3 Å². The van der Waals surface area contributed by atoms with Crippen LogP contribution in [-0.4, -0.2) is 25.1 Å². The van der Waals surface area contributed by atoms with Crippen LogP contribution in [0.25, 0.3) is 11.4 Å². The van der Waals surface area contributed by atoms with Gasteiger partial charge in [-0.15, -0.1) is 10.2 Å². The van der Waals surface area contributed by atoms with E-state index in [0.29, 0.717) is 29.0 Å². The molecular weight excluding hydrogens is 416 g/mol. The Morgan fingerprint density at radius 2 is 1.84 bits per heavy atom. The highest BCUT2D eigenvalue weighted by atomic mass is 32.2. The van der Waals surface area contributed by atoms with Crippen molar-refractivity contribution in [1.82, 2.24) is 14.9 Å². The molecule has 0 saturated heterocycles. The first-order valence-corrected chi connectivity index (χ1v) is 10.5. The van der Waals surface area contributed by atoms with Crippen molar-refractivity contribution in [1.29, 1.82) is 0 Å². The van der Waals surface area contributed by atoms with Gasteiger partial charge in [-0.3, -0.25) is 4.79 Å². The molecule has 2 aromatic heterocycles. The van der Waals surface area contributed by atoms with Crippen molar-refractivity contribution in [2.45, 2.75) is 24.4 Å². The molecule has 0 saturated carbocycles. The fourth-order valence-corrected chi connectivity index (χ4v) is 3.68. The quantitative estimate of drug-likeness (QED) is 0.376. The largest absolute Gasteiger partial charge is 0.508 e. The van der Waals surface area contributed by atoms with Crippen LogP contribution in [0.2, 0.25) is 0 Å². The number of aromatic nitrogens is 3. The highest BCUT2D eigenvalue weighted by Crippen LogP contribution is 2.26. The van der Waals surface area contributed by atoms with Gasteiger partial charge in [0, 0.05) is 17.2 Å². The number of para-hydroxylation sites is 1. The predicted octanol–water partition coefficient (Wildman–Crippen LogP) is 3.65. The molecule has 8 nitrogen and oxygen atoms in total. The average Bonchev–Trinajstić information content (AvgIpc) is 3.17. The zero-order valence-corrected chi connectivity index (χ0v) is 17.5. The molecule has 9 heteroatoms. The highest BCUT2D eigenvalue weighted by molar-refractivity contribution is 7.98. The van der Waals surface area contributed by atoms with Crippen molar-refractivity contribution in [3.8, 4) is 22.9 Å². The molecular formula is C22H20N4O4S. The zero-order valence-electron chi connectivity index (χ0n) is 16.6. The van der Waals surface area contributed by atoms with E-state index in [4.69, 9.17) is 4.42 Å². The van der Waals surface area contributed by atoms with E-state index in [2.05, 4.69) is 15.6 Å². The van der Waals surface area contributed by atoms with Gasteiger partial charge < -0.3 is 20.1 Å². The van der Waals surface area contributed by atoms with Crippen LogP contribution < -0.4 is 10.9 Å². The van der Waals surface area contributed by atoms with Crippen molar-refractivity contribution in [2.24, 2.45) is 0 Å². The topological polar surface area (TPSA) is 113 Å². The molecule has 0 bridgehead atoms. The second kappa shape index (κ2) is 8.97. The van der Waals surface area contributed by atoms with Gasteiger partial charge in [-0.2, -0.15) is 0 Å². The van der Waals surface area contributed by atoms with E-state index in [1.54, 1.807) is 16.8 Å². The van der Waals surface area contributed by atoms with Crippen LogP contribution in [0, 0.1) is 6.92 Å². The first-order chi connectivity index (χ1) is 15.0. The van der Waals surface area contributed by atoms with E-state index in [0.717, 1.165) is 23.0 Å². The lowest BCUT2D eigenvalue weighted by Crippen LogP contribution is -2.17. The van der Waals surface area contributed by atoms with E-state index >= 15 is 0 Å². The minimum absolute atomic E-state index is 0.194. The summed E-state index contributed by atoms with van der Waals surface area (Å²) in [6, 6.07) is 16.2. The minimum atomic E-state index is -0.499. The molecule has 0 aliphatic rings. The zero-order chi connectivity index (χ0) is 21.8. The van der Waals surface area contributed by atoms with Gasteiger partial charge >= 0.3 is 0 Å². The Morgan fingerprint density at radius 1 is 1.06 bits per heavy atom. The smallest absolute Gasteiger partial charge is 0.226 e. The maximum Gasteiger partial charge on any atom is 0.226 e. The molecule has 31 heavy (non-hydrogen) atoms. The van der Waals surface area contributed by atoms with Gasteiger partial charge in [0.05, 0.1) is 12.3 Å². The van der Waals surface area contributed by atoms with E-state index < -0.39 is 11.2 Å². The molecule has 4 rings (SSSR count). The lowest BCUT2D eigenvalue weighted by molar-refractivity contribution is 0.419. The first kappa shape index (κ1) is 20.5. The van der Waals surface area contributed by atoms with Gasteiger partial charge in [-0.25, -0.2) is 4.68 Å². The number of nitrogens with one attached hydrogen (secondary N) is 1. The lowest BCUT2D eigenvalue weighted by atomic mass is 10.1. The predicted molar refractivity (Wildman–Crippen MR) is 118 cm³/mol. The maximum atomic E-state index is 11.6. The third-order valence-corrected chi connectivity index (χ3v) is 5.52. The highest BCUT2D eigenvalue weighted by Gasteiger charge is 2.16. The van der Waals surface area contributed by atoms with Gasteiger partial charge in [0.1, 0.15) is 17.8 Å². The summed E-state index contributed by atoms with van der Waals surface area (Å²) < 4.78 is 7.02. The second-order valence-electron chi connectivity index (χ2n) is 6.86. The standard InChI is InChI=1S/C22H20N4O4S/c1-14-6-8-15(9-7-14)21-24-25-22(31-13-17-10-19(28)20(29)12-30-17)26(21)23-11-16-4-2-3-5-18(16)27/h2-10,12,23,27,29H,11,13H2,1H3. The van der Waals surface area contributed by atoms with Crippen LogP contribution in [0.4, 0.5) is 0 Å². The Hall–Kier alpha value is -3.72. The third-order valence-electron chi connectivity index (χ3n) is 4.57. The SMILES string of the molecule is Cc1ccc(-c2nnc(SCc3cc(=O)c(O)co3)n2NCc2ccccc2O)cc1. The summed E-state index contributed by atoms with van der Waals surface area (Å²) in [4.78, 5) is 11.6. The molecule has 0 unspecified atom stereocenters. The Kier molecular flexibility index (Phi) is 5.94. The number of nitrogens with zero attached hydrogens (tertiary/aromatic N) is 3. The summed E-state index contributed by atoms with van der Waals surface area (Å²) in [5.41, 5.74) is 5.51. The number of aromatic hydroxyl groups is 2. The number of thioether (sulfide) groups is 1. The van der Waals surface area contributed by atoms with Crippen molar-refractivity contribution in [2.75, 3.05) is 5.43 Å². The summed E-state index contributed by atoms with van der Waals surface area (Å²) >= 11 is 1.32. The molecule has 2 aromatic carbocycles. The average molecular weight is 436 g/mol.